The fourth-order valence-corrected chi connectivity index (χ4v) is 2.10. The Kier molecular flexibility index (Phi) is 3.62. The van der Waals surface area contributed by atoms with Gasteiger partial charge in [-0.15, -0.1) is 0 Å². The molecule has 1 amide bonds. The van der Waals surface area contributed by atoms with Crippen molar-refractivity contribution in [2.75, 3.05) is 13.7 Å². The Hall–Kier alpha value is -1.88. The molecule has 5 nitrogen and oxygen atoms in total. The van der Waals surface area contributed by atoms with Crippen molar-refractivity contribution in [3.63, 3.8) is 0 Å². The van der Waals surface area contributed by atoms with Gasteiger partial charge in [0.15, 0.2) is 12.0 Å². The first-order valence-electron chi connectivity index (χ1n) is 5.68. The maximum absolute atomic E-state index is 11.7. The lowest BCUT2D eigenvalue weighted by molar-refractivity contribution is -0.136. The molecule has 0 bridgehead atoms. The molecule has 1 heterocycles. The van der Waals surface area contributed by atoms with E-state index in [4.69, 9.17) is 9.47 Å². The van der Waals surface area contributed by atoms with E-state index in [1.165, 1.54) is 18.9 Å². The topological polar surface area (TPSA) is 55.8 Å². The van der Waals surface area contributed by atoms with Crippen LogP contribution in [0.15, 0.2) is 30.3 Å². The molecule has 0 aliphatic carbocycles. The van der Waals surface area contributed by atoms with E-state index in [0.29, 0.717) is 0 Å². The summed E-state index contributed by atoms with van der Waals surface area (Å²) in [7, 11) is 1.40. The zero-order chi connectivity index (χ0) is 13.1. The lowest BCUT2D eigenvalue weighted by atomic mass is 10.1. The Labute approximate surface area is 105 Å². The van der Waals surface area contributed by atoms with E-state index in [1.54, 1.807) is 0 Å². The van der Waals surface area contributed by atoms with Gasteiger partial charge < -0.3 is 9.47 Å². The number of methoxy groups -OCH3 is 1. The highest BCUT2D eigenvalue weighted by atomic mass is 16.6. The number of hydrogen-bond acceptors (Lipinski definition) is 4. The zero-order valence-electron chi connectivity index (χ0n) is 10.3. The van der Waals surface area contributed by atoms with Gasteiger partial charge in [0.25, 0.3) is 0 Å². The van der Waals surface area contributed by atoms with Gasteiger partial charge in [-0.1, -0.05) is 30.3 Å². The molecule has 0 spiro atoms. The van der Waals surface area contributed by atoms with Crippen LogP contribution in [0.2, 0.25) is 0 Å². The second-order valence-electron chi connectivity index (χ2n) is 4.11. The average molecular weight is 249 g/mol. The molecular formula is C13H15NO4. The average Bonchev–Trinajstić information content (AvgIpc) is 2.74. The van der Waals surface area contributed by atoms with E-state index >= 15 is 0 Å². The third kappa shape index (κ3) is 2.22. The van der Waals surface area contributed by atoms with E-state index in [0.717, 1.165) is 5.56 Å². The maximum Gasteiger partial charge on any atom is 0.412 e. The summed E-state index contributed by atoms with van der Waals surface area (Å²) in [6.45, 7) is 1.62. The molecule has 1 saturated heterocycles. The zero-order valence-corrected chi connectivity index (χ0v) is 10.3. The summed E-state index contributed by atoms with van der Waals surface area (Å²) in [5, 5.41) is 0. The molecule has 1 aromatic rings. The number of hydrogen-bond donors (Lipinski definition) is 0. The van der Waals surface area contributed by atoms with E-state index in [1.807, 2.05) is 30.3 Å². The Bertz CT molecular complexity index is 446. The van der Waals surface area contributed by atoms with Crippen molar-refractivity contribution in [1.29, 1.82) is 0 Å². The fourth-order valence-electron chi connectivity index (χ4n) is 2.10. The van der Waals surface area contributed by atoms with Crippen LogP contribution in [0.5, 0.6) is 0 Å². The fraction of sp³-hybridized carbons (Fsp3) is 0.385. The van der Waals surface area contributed by atoms with Gasteiger partial charge in [0.1, 0.15) is 6.61 Å². The van der Waals surface area contributed by atoms with Gasteiger partial charge in [-0.3, -0.25) is 9.69 Å². The SMILES string of the molecule is CO[C@@H](C(C)=O)N1C(=O)OC[C@H]1c1ccccc1. The van der Waals surface area contributed by atoms with Gasteiger partial charge in [-0.2, -0.15) is 0 Å². The van der Waals surface area contributed by atoms with Crippen molar-refractivity contribution in [3.05, 3.63) is 35.9 Å². The Balaban J connectivity index is 2.30. The Morgan fingerprint density at radius 3 is 2.67 bits per heavy atom. The highest BCUT2D eigenvalue weighted by Gasteiger charge is 2.41. The number of ether oxygens (including phenoxy) is 2. The maximum atomic E-state index is 11.7. The highest BCUT2D eigenvalue weighted by Crippen LogP contribution is 2.30. The molecule has 0 N–H and O–H groups in total. The quantitative estimate of drug-likeness (QED) is 0.815. The molecule has 2 atom stereocenters. The Morgan fingerprint density at radius 2 is 2.11 bits per heavy atom. The number of benzene rings is 1. The van der Waals surface area contributed by atoms with Gasteiger partial charge in [-0.05, 0) is 12.5 Å². The van der Waals surface area contributed by atoms with Crippen molar-refractivity contribution in [2.24, 2.45) is 0 Å². The molecule has 2 rings (SSSR count). The molecule has 5 heteroatoms. The minimum atomic E-state index is -0.898. The predicted octanol–water partition coefficient (Wildman–Crippen LogP) is 1.74. The van der Waals surface area contributed by atoms with E-state index < -0.39 is 12.3 Å². The minimum absolute atomic E-state index is 0.225. The molecule has 18 heavy (non-hydrogen) atoms. The van der Waals surface area contributed by atoms with Crippen molar-refractivity contribution in [2.45, 2.75) is 19.2 Å². The third-order valence-electron chi connectivity index (χ3n) is 2.92. The van der Waals surface area contributed by atoms with Gasteiger partial charge >= 0.3 is 6.09 Å². The lowest BCUT2D eigenvalue weighted by Crippen LogP contribution is -2.43. The second kappa shape index (κ2) is 5.18. The molecule has 0 radical (unpaired) electrons. The van der Waals surface area contributed by atoms with Crippen LogP contribution in [0, 0.1) is 0 Å². The van der Waals surface area contributed by atoms with Crippen LogP contribution in [0.4, 0.5) is 4.79 Å². The summed E-state index contributed by atoms with van der Waals surface area (Å²) >= 11 is 0. The highest BCUT2D eigenvalue weighted by molar-refractivity contribution is 5.85. The van der Waals surface area contributed by atoms with Gasteiger partial charge in [0, 0.05) is 7.11 Å². The summed E-state index contributed by atoms with van der Waals surface area (Å²) in [5.74, 6) is -0.225. The molecule has 1 aliphatic rings. The van der Waals surface area contributed by atoms with E-state index in [-0.39, 0.29) is 18.4 Å². The normalized spacial score (nSPS) is 20.7. The molecule has 1 fully saturated rings. The van der Waals surface area contributed by atoms with E-state index in [9.17, 15) is 9.59 Å². The minimum Gasteiger partial charge on any atom is -0.447 e. The molecule has 1 aromatic carbocycles. The summed E-state index contributed by atoms with van der Waals surface area (Å²) in [6.07, 6.45) is -1.42. The number of rotatable bonds is 4. The third-order valence-corrected chi connectivity index (χ3v) is 2.92. The van der Waals surface area contributed by atoms with Crippen molar-refractivity contribution < 1.29 is 19.1 Å². The largest absolute Gasteiger partial charge is 0.447 e. The lowest BCUT2D eigenvalue weighted by Gasteiger charge is -2.27. The number of carbonyl (C=O) groups is 2. The van der Waals surface area contributed by atoms with Crippen LogP contribution in [-0.4, -0.2) is 36.7 Å². The molecule has 1 aliphatic heterocycles. The number of carbonyl (C=O) groups excluding carboxylic acids is 2. The molecule has 0 saturated carbocycles. The summed E-state index contributed by atoms with van der Waals surface area (Å²) in [5.41, 5.74) is 0.923. The summed E-state index contributed by atoms with van der Waals surface area (Å²) in [4.78, 5) is 24.6. The van der Waals surface area contributed by atoms with Crippen LogP contribution in [0.1, 0.15) is 18.5 Å². The smallest absolute Gasteiger partial charge is 0.412 e. The molecule has 0 unspecified atom stereocenters. The van der Waals surface area contributed by atoms with E-state index in [2.05, 4.69) is 0 Å². The molecular weight excluding hydrogens is 234 g/mol. The second-order valence-corrected chi connectivity index (χ2v) is 4.11. The van der Waals surface area contributed by atoms with Crippen LogP contribution in [-0.2, 0) is 14.3 Å². The number of cyclic esters (lactones) is 1. The Morgan fingerprint density at radius 1 is 1.44 bits per heavy atom. The molecule has 0 aromatic heterocycles. The molecule has 96 valence electrons. The van der Waals surface area contributed by atoms with Crippen LogP contribution in [0.25, 0.3) is 0 Å². The van der Waals surface area contributed by atoms with Crippen LogP contribution >= 0.6 is 0 Å². The summed E-state index contributed by atoms with van der Waals surface area (Å²) in [6, 6.07) is 9.16. The van der Waals surface area contributed by atoms with Crippen LogP contribution in [0.3, 0.4) is 0 Å². The van der Waals surface area contributed by atoms with Crippen LogP contribution < -0.4 is 0 Å². The summed E-state index contributed by atoms with van der Waals surface area (Å²) < 4.78 is 10.1. The number of nitrogens with zero attached hydrogens (tertiary/aromatic N) is 1. The first kappa shape index (κ1) is 12.6. The van der Waals surface area contributed by atoms with Crippen molar-refractivity contribution in [1.82, 2.24) is 4.90 Å². The first-order valence-corrected chi connectivity index (χ1v) is 5.68. The van der Waals surface area contributed by atoms with Gasteiger partial charge in [0.2, 0.25) is 0 Å². The number of Topliss-reactive ketones (excluding diaryl/α,β-unsaturated/α-hetero) is 1. The number of ketones is 1. The predicted molar refractivity (Wildman–Crippen MR) is 63.8 cm³/mol. The standard InChI is InChI=1S/C13H15NO4/c1-9(15)12(17-2)14-11(8-18-13(14)16)10-6-4-3-5-7-10/h3-7,11-12H,8H2,1-2H3/t11-,12-/m0/s1. The van der Waals surface area contributed by atoms with Crippen molar-refractivity contribution in [3.8, 4) is 0 Å². The van der Waals surface area contributed by atoms with Gasteiger partial charge in [-0.25, -0.2) is 4.79 Å². The van der Waals surface area contributed by atoms with Crippen molar-refractivity contribution >= 4 is 11.9 Å². The van der Waals surface area contributed by atoms with Gasteiger partial charge in [0.05, 0.1) is 6.04 Å². The monoisotopic (exact) mass is 249 g/mol. The first-order chi connectivity index (χ1) is 8.65. The number of amides is 1.